The third-order valence-corrected chi connectivity index (χ3v) is 2.29. The van der Waals surface area contributed by atoms with Gasteiger partial charge < -0.3 is 0 Å². The van der Waals surface area contributed by atoms with Crippen molar-refractivity contribution >= 4 is 39.6 Å². The first kappa shape index (κ1) is 12.0. The van der Waals surface area contributed by atoms with Gasteiger partial charge in [-0.3, -0.25) is 9.59 Å². The summed E-state index contributed by atoms with van der Waals surface area (Å²) in [7, 11) is 0. The molecule has 1 aromatic carbocycles. The lowest BCUT2D eigenvalue weighted by Crippen LogP contribution is -2.28. The van der Waals surface area contributed by atoms with Crippen LogP contribution in [0.2, 0.25) is 0 Å². The minimum Gasteiger partial charge on any atom is -0.254 e. The first-order valence-corrected chi connectivity index (χ1v) is 5.09. The van der Waals surface area contributed by atoms with E-state index in [0.29, 0.717) is 10.6 Å². The summed E-state index contributed by atoms with van der Waals surface area (Å²) in [4.78, 5) is 22.5. The molecular formula is C10H9Cl2NO2. The number of hydrogen-bond donors (Lipinski definition) is 0. The van der Waals surface area contributed by atoms with Gasteiger partial charge in [0, 0.05) is 0 Å². The van der Waals surface area contributed by atoms with Crippen molar-refractivity contribution in [1.82, 2.24) is 0 Å². The predicted molar refractivity (Wildman–Crippen MR) is 60.8 cm³/mol. The molecule has 0 fully saturated rings. The fourth-order valence-electron chi connectivity index (χ4n) is 1.15. The molecule has 1 rings (SSSR count). The van der Waals surface area contributed by atoms with Crippen molar-refractivity contribution in [1.29, 1.82) is 0 Å². The number of carbonyl (C=O) groups is 2. The Morgan fingerprint density at radius 1 is 1.13 bits per heavy atom. The molecule has 0 aliphatic carbocycles. The van der Waals surface area contributed by atoms with Crippen molar-refractivity contribution in [3.63, 3.8) is 0 Å². The van der Waals surface area contributed by atoms with Crippen molar-refractivity contribution in [2.24, 2.45) is 0 Å². The summed E-state index contributed by atoms with van der Waals surface area (Å²) in [5.74, 6) is 0. The molecule has 0 spiro atoms. The van der Waals surface area contributed by atoms with Crippen LogP contribution in [0, 0.1) is 0 Å². The molecule has 3 nitrogen and oxygen atoms in total. The lowest BCUT2D eigenvalue weighted by molar-refractivity contribution is 0.255. The molecule has 0 N–H and O–H groups in total. The second-order valence-electron chi connectivity index (χ2n) is 2.86. The molecule has 0 aliphatic rings. The van der Waals surface area contributed by atoms with Gasteiger partial charge in [0.2, 0.25) is 0 Å². The predicted octanol–water partition coefficient (Wildman–Crippen LogP) is 3.77. The summed E-state index contributed by atoms with van der Waals surface area (Å²) in [6, 6.07) is 6.86. The summed E-state index contributed by atoms with van der Waals surface area (Å²) < 4.78 is 0. The molecule has 1 aromatic rings. The zero-order valence-electron chi connectivity index (χ0n) is 8.04. The van der Waals surface area contributed by atoms with Crippen LogP contribution in [0.25, 0.3) is 0 Å². The second kappa shape index (κ2) is 5.14. The molecule has 0 heterocycles. The monoisotopic (exact) mass is 245 g/mol. The van der Waals surface area contributed by atoms with E-state index in [1.165, 1.54) is 0 Å². The van der Waals surface area contributed by atoms with E-state index in [9.17, 15) is 9.59 Å². The molecule has 0 aromatic heterocycles. The Kier molecular flexibility index (Phi) is 4.12. The highest BCUT2D eigenvalue weighted by Gasteiger charge is 2.19. The van der Waals surface area contributed by atoms with E-state index in [1.54, 1.807) is 12.1 Å². The van der Waals surface area contributed by atoms with Crippen LogP contribution >= 0.6 is 23.2 Å². The average molecular weight is 246 g/mol. The number of anilines is 1. The second-order valence-corrected chi connectivity index (χ2v) is 3.51. The molecule has 0 saturated heterocycles. The minimum atomic E-state index is -0.917. The average Bonchev–Trinajstić information content (AvgIpc) is 2.18. The maximum absolute atomic E-state index is 10.9. The number of nitrogens with zero attached hydrogens (tertiary/aromatic N) is 1. The van der Waals surface area contributed by atoms with Gasteiger partial charge in [-0.15, -0.1) is 0 Å². The number of halogens is 2. The van der Waals surface area contributed by atoms with E-state index in [0.717, 1.165) is 12.0 Å². The number of aryl methyl sites for hydroxylation is 1. The van der Waals surface area contributed by atoms with Gasteiger partial charge in [0.25, 0.3) is 0 Å². The minimum absolute atomic E-state index is 0.368. The van der Waals surface area contributed by atoms with Gasteiger partial charge in [0.15, 0.2) is 0 Å². The summed E-state index contributed by atoms with van der Waals surface area (Å²) in [6.45, 7) is 2.01. The Bertz CT molecular complexity index is 362. The Balaban J connectivity index is 3.02. The lowest BCUT2D eigenvalue weighted by atomic mass is 10.1. The lowest BCUT2D eigenvalue weighted by Gasteiger charge is -2.14. The van der Waals surface area contributed by atoms with Crippen LogP contribution in [-0.2, 0) is 6.42 Å². The van der Waals surface area contributed by atoms with E-state index in [2.05, 4.69) is 0 Å². The molecule has 15 heavy (non-hydrogen) atoms. The maximum atomic E-state index is 10.9. The van der Waals surface area contributed by atoms with E-state index < -0.39 is 10.7 Å². The van der Waals surface area contributed by atoms with Crippen molar-refractivity contribution in [2.45, 2.75) is 13.3 Å². The number of benzene rings is 1. The maximum Gasteiger partial charge on any atom is 0.328 e. The molecule has 0 aliphatic heterocycles. The molecule has 0 radical (unpaired) electrons. The van der Waals surface area contributed by atoms with Gasteiger partial charge in [-0.1, -0.05) is 19.1 Å². The SMILES string of the molecule is CCc1ccc(N(C(=O)Cl)C(=O)Cl)cc1. The number of hydrogen-bond acceptors (Lipinski definition) is 2. The van der Waals surface area contributed by atoms with Gasteiger partial charge in [0.05, 0.1) is 5.69 Å². The van der Waals surface area contributed by atoms with Crippen molar-refractivity contribution in [2.75, 3.05) is 4.90 Å². The van der Waals surface area contributed by atoms with E-state index >= 15 is 0 Å². The summed E-state index contributed by atoms with van der Waals surface area (Å²) in [6.07, 6.45) is 0.879. The Labute approximate surface area is 97.6 Å². The highest BCUT2D eigenvalue weighted by atomic mass is 35.5. The molecule has 0 bridgehead atoms. The topological polar surface area (TPSA) is 37.4 Å². The van der Waals surface area contributed by atoms with Gasteiger partial charge in [-0.2, -0.15) is 0 Å². The standard InChI is InChI=1S/C10H9Cl2NO2/c1-2-7-3-5-8(6-4-7)13(9(11)14)10(12)15/h3-6H,2H2,1H3. The largest absolute Gasteiger partial charge is 0.328 e. The van der Waals surface area contributed by atoms with Crippen LogP contribution in [-0.4, -0.2) is 10.7 Å². The number of carbonyl (C=O) groups excluding carboxylic acids is 2. The molecular weight excluding hydrogens is 237 g/mol. The highest BCUT2D eigenvalue weighted by molar-refractivity contribution is 6.76. The fraction of sp³-hybridized carbons (Fsp3) is 0.200. The number of rotatable bonds is 2. The first-order valence-electron chi connectivity index (χ1n) is 4.34. The zero-order valence-corrected chi connectivity index (χ0v) is 9.55. The highest BCUT2D eigenvalue weighted by Crippen LogP contribution is 2.19. The van der Waals surface area contributed by atoms with Crippen LogP contribution in [0.1, 0.15) is 12.5 Å². The molecule has 0 saturated carbocycles. The van der Waals surface area contributed by atoms with Gasteiger partial charge >= 0.3 is 10.7 Å². The third kappa shape index (κ3) is 2.94. The molecule has 0 unspecified atom stereocenters. The number of amides is 2. The zero-order chi connectivity index (χ0) is 11.4. The molecule has 5 heteroatoms. The van der Waals surface area contributed by atoms with Gasteiger partial charge in [-0.05, 0) is 47.3 Å². The van der Waals surface area contributed by atoms with Crippen LogP contribution in [0.4, 0.5) is 15.3 Å². The summed E-state index contributed by atoms with van der Waals surface area (Å²) in [5, 5.41) is -1.83. The van der Waals surface area contributed by atoms with Crippen molar-refractivity contribution in [3.05, 3.63) is 29.8 Å². The van der Waals surface area contributed by atoms with E-state index in [4.69, 9.17) is 23.2 Å². The number of imide groups is 1. The van der Waals surface area contributed by atoms with E-state index in [1.807, 2.05) is 19.1 Å². The van der Waals surface area contributed by atoms with Gasteiger partial charge in [0.1, 0.15) is 0 Å². The van der Waals surface area contributed by atoms with Crippen LogP contribution < -0.4 is 4.90 Å². The molecule has 0 atom stereocenters. The Morgan fingerprint density at radius 3 is 1.93 bits per heavy atom. The fourth-order valence-corrected chi connectivity index (χ4v) is 1.54. The van der Waals surface area contributed by atoms with Crippen LogP contribution in [0.15, 0.2) is 24.3 Å². The molecule has 2 amide bonds. The van der Waals surface area contributed by atoms with Crippen LogP contribution in [0.3, 0.4) is 0 Å². The molecule has 80 valence electrons. The van der Waals surface area contributed by atoms with Crippen molar-refractivity contribution < 1.29 is 9.59 Å². The van der Waals surface area contributed by atoms with E-state index in [-0.39, 0.29) is 0 Å². The van der Waals surface area contributed by atoms with Crippen molar-refractivity contribution in [3.8, 4) is 0 Å². The first-order chi connectivity index (χ1) is 7.06. The Hall–Kier alpha value is -1.06. The van der Waals surface area contributed by atoms with Crippen LogP contribution in [0.5, 0.6) is 0 Å². The normalized spacial score (nSPS) is 9.80. The summed E-state index contributed by atoms with van der Waals surface area (Å²) >= 11 is 10.5. The Morgan fingerprint density at radius 2 is 1.60 bits per heavy atom. The third-order valence-electron chi connectivity index (χ3n) is 1.95. The smallest absolute Gasteiger partial charge is 0.254 e. The summed E-state index contributed by atoms with van der Waals surface area (Å²) in [5.41, 5.74) is 1.47. The quantitative estimate of drug-likeness (QED) is 0.588. The van der Waals surface area contributed by atoms with Gasteiger partial charge in [-0.25, -0.2) is 4.90 Å².